The molecule has 0 saturated heterocycles. The number of anilines is 2. The first-order valence-corrected chi connectivity index (χ1v) is 5.91. The third-order valence-electron chi connectivity index (χ3n) is 2.83. The van der Waals surface area contributed by atoms with Gasteiger partial charge in [-0.25, -0.2) is 4.39 Å². The van der Waals surface area contributed by atoms with Crippen molar-refractivity contribution in [1.82, 2.24) is 0 Å². The van der Waals surface area contributed by atoms with Gasteiger partial charge in [0.2, 0.25) is 0 Å². The van der Waals surface area contributed by atoms with Gasteiger partial charge in [-0.3, -0.25) is 4.79 Å². The SMILES string of the molecule is Cc1ccc(NC(=O)c2cc(C)ccc2N)c(F)c1. The van der Waals surface area contributed by atoms with Crippen molar-refractivity contribution in [3.63, 3.8) is 0 Å². The fourth-order valence-electron chi connectivity index (χ4n) is 1.78. The van der Waals surface area contributed by atoms with Crippen LogP contribution in [0.15, 0.2) is 36.4 Å². The van der Waals surface area contributed by atoms with E-state index in [4.69, 9.17) is 5.73 Å². The number of nitrogens with one attached hydrogen (secondary N) is 1. The number of hydrogen-bond donors (Lipinski definition) is 2. The predicted octanol–water partition coefficient (Wildman–Crippen LogP) is 3.28. The summed E-state index contributed by atoms with van der Waals surface area (Å²) in [5.41, 5.74) is 8.34. The van der Waals surface area contributed by atoms with Crippen LogP contribution in [0.5, 0.6) is 0 Å². The lowest BCUT2D eigenvalue weighted by atomic mass is 10.1. The van der Waals surface area contributed by atoms with Crippen LogP contribution >= 0.6 is 0 Å². The normalized spacial score (nSPS) is 10.3. The van der Waals surface area contributed by atoms with Gasteiger partial charge in [-0.05, 0) is 43.7 Å². The van der Waals surface area contributed by atoms with Crippen LogP contribution in [0.3, 0.4) is 0 Å². The van der Waals surface area contributed by atoms with Crippen molar-refractivity contribution < 1.29 is 9.18 Å². The van der Waals surface area contributed by atoms with Gasteiger partial charge in [-0.15, -0.1) is 0 Å². The quantitative estimate of drug-likeness (QED) is 0.812. The Morgan fingerprint density at radius 3 is 2.42 bits per heavy atom. The van der Waals surface area contributed by atoms with Gasteiger partial charge in [0.25, 0.3) is 5.91 Å². The van der Waals surface area contributed by atoms with E-state index in [1.54, 1.807) is 25.1 Å². The molecule has 1 amide bonds. The number of nitrogen functional groups attached to an aromatic ring is 1. The Morgan fingerprint density at radius 1 is 1.11 bits per heavy atom. The van der Waals surface area contributed by atoms with Gasteiger partial charge in [0.05, 0.1) is 11.3 Å². The summed E-state index contributed by atoms with van der Waals surface area (Å²) < 4.78 is 13.7. The molecule has 0 atom stereocenters. The Labute approximate surface area is 111 Å². The van der Waals surface area contributed by atoms with Gasteiger partial charge in [-0.2, -0.15) is 0 Å². The molecule has 2 aromatic carbocycles. The maximum absolute atomic E-state index is 13.7. The average molecular weight is 258 g/mol. The van der Waals surface area contributed by atoms with Crippen molar-refractivity contribution in [2.75, 3.05) is 11.1 Å². The Balaban J connectivity index is 2.28. The molecule has 0 bridgehead atoms. The topological polar surface area (TPSA) is 55.1 Å². The molecule has 19 heavy (non-hydrogen) atoms. The van der Waals surface area contributed by atoms with Gasteiger partial charge in [0.15, 0.2) is 0 Å². The Bertz CT molecular complexity index is 638. The van der Waals surface area contributed by atoms with Crippen LogP contribution in [0.2, 0.25) is 0 Å². The molecule has 0 saturated carbocycles. The summed E-state index contributed by atoms with van der Waals surface area (Å²) in [6.07, 6.45) is 0. The number of halogens is 1. The van der Waals surface area contributed by atoms with Crippen molar-refractivity contribution in [1.29, 1.82) is 0 Å². The summed E-state index contributed by atoms with van der Waals surface area (Å²) in [6, 6.07) is 9.80. The van der Waals surface area contributed by atoms with Crippen molar-refractivity contribution in [2.24, 2.45) is 0 Å². The zero-order valence-corrected chi connectivity index (χ0v) is 10.8. The Kier molecular flexibility index (Phi) is 3.51. The van der Waals surface area contributed by atoms with Crippen molar-refractivity contribution >= 4 is 17.3 Å². The van der Waals surface area contributed by atoms with Crippen LogP contribution in [-0.4, -0.2) is 5.91 Å². The summed E-state index contributed by atoms with van der Waals surface area (Å²) in [6.45, 7) is 3.65. The molecule has 98 valence electrons. The maximum atomic E-state index is 13.7. The standard InChI is InChI=1S/C15H15FN2O/c1-9-3-5-13(17)11(7-9)15(19)18-14-6-4-10(2)8-12(14)16/h3-8H,17H2,1-2H3,(H,18,19). The molecule has 0 aliphatic heterocycles. The second-order valence-corrected chi connectivity index (χ2v) is 4.53. The molecule has 4 heteroatoms. The highest BCUT2D eigenvalue weighted by Crippen LogP contribution is 2.19. The highest BCUT2D eigenvalue weighted by Gasteiger charge is 2.12. The van der Waals surface area contributed by atoms with Gasteiger partial charge in [0, 0.05) is 5.69 Å². The molecule has 3 nitrogen and oxygen atoms in total. The molecular formula is C15H15FN2O. The summed E-state index contributed by atoms with van der Waals surface area (Å²) in [5, 5.41) is 2.53. The Hall–Kier alpha value is -2.36. The first kappa shape index (κ1) is 13.1. The van der Waals surface area contributed by atoms with E-state index in [-0.39, 0.29) is 5.69 Å². The third-order valence-corrected chi connectivity index (χ3v) is 2.83. The molecule has 0 radical (unpaired) electrons. The van der Waals surface area contributed by atoms with Gasteiger partial charge in [-0.1, -0.05) is 17.7 Å². The fourth-order valence-corrected chi connectivity index (χ4v) is 1.78. The van der Waals surface area contributed by atoms with E-state index in [1.807, 2.05) is 13.0 Å². The van der Waals surface area contributed by atoms with E-state index in [0.29, 0.717) is 11.3 Å². The third kappa shape index (κ3) is 2.91. The number of rotatable bonds is 2. The van der Waals surface area contributed by atoms with Crippen LogP contribution in [0, 0.1) is 19.7 Å². The monoisotopic (exact) mass is 258 g/mol. The number of benzene rings is 2. The highest BCUT2D eigenvalue weighted by atomic mass is 19.1. The second-order valence-electron chi connectivity index (χ2n) is 4.53. The lowest BCUT2D eigenvalue weighted by Crippen LogP contribution is -2.15. The van der Waals surface area contributed by atoms with Crippen molar-refractivity contribution in [2.45, 2.75) is 13.8 Å². The average Bonchev–Trinajstić information content (AvgIpc) is 2.35. The number of carbonyl (C=O) groups is 1. The fraction of sp³-hybridized carbons (Fsp3) is 0.133. The molecular weight excluding hydrogens is 243 g/mol. The van der Waals surface area contributed by atoms with E-state index >= 15 is 0 Å². The lowest BCUT2D eigenvalue weighted by molar-refractivity contribution is 0.102. The molecule has 2 aromatic rings. The van der Waals surface area contributed by atoms with Crippen LogP contribution in [0.25, 0.3) is 0 Å². The van der Waals surface area contributed by atoms with Crippen LogP contribution in [0.1, 0.15) is 21.5 Å². The van der Waals surface area contributed by atoms with Crippen molar-refractivity contribution in [3.05, 3.63) is 58.9 Å². The van der Waals surface area contributed by atoms with Gasteiger partial charge >= 0.3 is 0 Å². The van der Waals surface area contributed by atoms with Crippen LogP contribution in [-0.2, 0) is 0 Å². The molecule has 0 unspecified atom stereocenters. The molecule has 0 spiro atoms. The smallest absolute Gasteiger partial charge is 0.257 e. The number of aryl methyl sites for hydroxylation is 2. The summed E-state index contributed by atoms with van der Waals surface area (Å²) >= 11 is 0. The lowest BCUT2D eigenvalue weighted by Gasteiger charge is -2.09. The Morgan fingerprint density at radius 2 is 1.74 bits per heavy atom. The molecule has 2 rings (SSSR count). The van der Waals surface area contributed by atoms with Crippen LogP contribution in [0.4, 0.5) is 15.8 Å². The largest absolute Gasteiger partial charge is 0.398 e. The van der Waals surface area contributed by atoms with Crippen molar-refractivity contribution in [3.8, 4) is 0 Å². The number of nitrogens with two attached hydrogens (primary N) is 1. The van der Waals surface area contributed by atoms with Gasteiger partial charge < -0.3 is 11.1 Å². The molecule has 0 aliphatic rings. The minimum absolute atomic E-state index is 0.150. The molecule has 0 aromatic heterocycles. The minimum atomic E-state index is -0.459. The zero-order valence-electron chi connectivity index (χ0n) is 10.8. The van der Waals surface area contributed by atoms with E-state index in [9.17, 15) is 9.18 Å². The van der Waals surface area contributed by atoms with Crippen LogP contribution < -0.4 is 11.1 Å². The highest BCUT2D eigenvalue weighted by molar-refractivity contribution is 6.07. The van der Waals surface area contributed by atoms with E-state index in [1.165, 1.54) is 12.1 Å². The van der Waals surface area contributed by atoms with E-state index < -0.39 is 11.7 Å². The number of amides is 1. The number of hydrogen-bond acceptors (Lipinski definition) is 2. The molecule has 3 N–H and O–H groups in total. The maximum Gasteiger partial charge on any atom is 0.257 e. The predicted molar refractivity (Wildman–Crippen MR) is 74.7 cm³/mol. The molecule has 0 heterocycles. The van der Waals surface area contributed by atoms with E-state index in [0.717, 1.165) is 11.1 Å². The second kappa shape index (κ2) is 5.10. The minimum Gasteiger partial charge on any atom is -0.398 e. The first-order valence-electron chi connectivity index (χ1n) is 5.91. The summed E-state index contributed by atoms with van der Waals surface area (Å²) in [5.74, 6) is -0.872. The molecule has 0 aliphatic carbocycles. The summed E-state index contributed by atoms with van der Waals surface area (Å²) in [4.78, 5) is 12.1. The first-order chi connectivity index (χ1) is 8.97. The number of carbonyl (C=O) groups excluding carboxylic acids is 1. The van der Waals surface area contributed by atoms with E-state index in [2.05, 4.69) is 5.32 Å². The summed E-state index contributed by atoms with van der Waals surface area (Å²) in [7, 11) is 0. The zero-order chi connectivity index (χ0) is 14.0. The van der Waals surface area contributed by atoms with Gasteiger partial charge in [0.1, 0.15) is 5.82 Å². The molecule has 0 fully saturated rings.